The van der Waals surface area contributed by atoms with Crippen LogP contribution in [0.25, 0.3) is 0 Å². The molecule has 1 aliphatic carbocycles. The van der Waals surface area contributed by atoms with Crippen LogP contribution in [0.4, 0.5) is 0 Å². The van der Waals surface area contributed by atoms with Gasteiger partial charge in [-0.25, -0.2) is 0 Å². The lowest BCUT2D eigenvalue weighted by atomic mass is 9.78. The first-order chi connectivity index (χ1) is 8.09. The Labute approximate surface area is 106 Å². The molecule has 0 aromatic heterocycles. The summed E-state index contributed by atoms with van der Waals surface area (Å²) in [6, 6.07) is 0.768. The summed E-state index contributed by atoms with van der Waals surface area (Å²) in [5.74, 6) is 0.594. The summed E-state index contributed by atoms with van der Waals surface area (Å²) >= 11 is 0. The Morgan fingerprint density at radius 1 is 1.41 bits per heavy atom. The molecule has 1 heterocycles. The van der Waals surface area contributed by atoms with Crippen molar-refractivity contribution in [1.82, 2.24) is 4.90 Å². The van der Waals surface area contributed by atoms with Gasteiger partial charge in [0.05, 0.1) is 6.10 Å². The number of hydrogen-bond acceptors (Lipinski definition) is 3. The van der Waals surface area contributed by atoms with Gasteiger partial charge in [0, 0.05) is 24.7 Å². The van der Waals surface area contributed by atoms with Crippen molar-refractivity contribution in [2.24, 2.45) is 11.7 Å². The topological polar surface area (TPSA) is 38.5 Å². The second kappa shape index (κ2) is 5.25. The number of nitrogens with zero attached hydrogens (tertiary/aromatic N) is 1. The Kier molecular flexibility index (Phi) is 4.11. The van der Waals surface area contributed by atoms with Gasteiger partial charge < -0.3 is 10.5 Å². The van der Waals surface area contributed by atoms with E-state index in [4.69, 9.17) is 10.5 Å². The molecule has 2 aliphatic rings. The van der Waals surface area contributed by atoms with E-state index in [0.29, 0.717) is 12.0 Å². The molecule has 0 amide bonds. The molecule has 1 saturated heterocycles. The van der Waals surface area contributed by atoms with Crippen molar-refractivity contribution in [3.05, 3.63) is 0 Å². The van der Waals surface area contributed by atoms with Crippen LogP contribution in [0.2, 0.25) is 0 Å². The maximum atomic E-state index is 6.12. The Morgan fingerprint density at radius 3 is 2.59 bits per heavy atom. The lowest BCUT2D eigenvalue weighted by Crippen LogP contribution is -2.61. The van der Waals surface area contributed by atoms with E-state index >= 15 is 0 Å². The van der Waals surface area contributed by atoms with Crippen LogP contribution in [0.5, 0.6) is 0 Å². The number of nitrogens with two attached hydrogens (primary N) is 1. The maximum Gasteiger partial charge on any atom is 0.0616 e. The molecular weight excluding hydrogens is 212 g/mol. The quantitative estimate of drug-likeness (QED) is 0.817. The van der Waals surface area contributed by atoms with Crippen LogP contribution in [0.15, 0.2) is 0 Å². The average molecular weight is 240 g/mol. The molecule has 0 spiro atoms. The molecule has 1 saturated carbocycles. The van der Waals surface area contributed by atoms with Crippen molar-refractivity contribution >= 4 is 0 Å². The predicted molar refractivity (Wildman–Crippen MR) is 71.0 cm³/mol. The van der Waals surface area contributed by atoms with Gasteiger partial charge in [0.25, 0.3) is 0 Å². The number of rotatable bonds is 4. The molecule has 3 heteroatoms. The zero-order valence-electron chi connectivity index (χ0n) is 11.6. The van der Waals surface area contributed by atoms with E-state index in [9.17, 15) is 0 Å². The Hall–Kier alpha value is -0.120. The normalized spacial score (nSPS) is 35.3. The van der Waals surface area contributed by atoms with Crippen LogP contribution in [-0.2, 0) is 4.74 Å². The first-order valence-electron chi connectivity index (χ1n) is 7.14. The fourth-order valence-corrected chi connectivity index (χ4v) is 3.17. The highest BCUT2D eigenvalue weighted by atomic mass is 16.5. The van der Waals surface area contributed by atoms with E-state index in [1.165, 1.54) is 19.3 Å². The highest BCUT2D eigenvalue weighted by Gasteiger charge is 2.43. The molecule has 2 rings (SSSR count). The number of likely N-dealkylation sites (N-methyl/N-ethyl adjacent to an activating group) is 1. The van der Waals surface area contributed by atoms with E-state index in [0.717, 1.165) is 32.0 Å². The molecule has 2 N–H and O–H groups in total. The summed E-state index contributed by atoms with van der Waals surface area (Å²) in [5, 5.41) is 0. The largest absolute Gasteiger partial charge is 0.378 e. The molecule has 3 nitrogen and oxygen atoms in total. The van der Waals surface area contributed by atoms with Crippen LogP contribution in [0.3, 0.4) is 0 Å². The molecule has 0 aromatic carbocycles. The van der Waals surface area contributed by atoms with Crippen molar-refractivity contribution < 1.29 is 4.74 Å². The third-order valence-electron chi connectivity index (χ3n) is 4.97. The van der Waals surface area contributed by atoms with E-state index < -0.39 is 0 Å². The summed E-state index contributed by atoms with van der Waals surface area (Å²) in [6.07, 6.45) is 6.68. The summed E-state index contributed by atoms with van der Waals surface area (Å²) in [4.78, 5) is 2.58. The van der Waals surface area contributed by atoms with Crippen molar-refractivity contribution in [3.8, 4) is 0 Å². The van der Waals surface area contributed by atoms with Crippen molar-refractivity contribution in [1.29, 1.82) is 0 Å². The van der Waals surface area contributed by atoms with E-state index in [1.54, 1.807) is 0 Å². The maximum absolute atomic E-state index is 6.12. The monoisotopic (exact) mass is 240 g/mol. The van der Waals surface area contributed by atoms with E-state index in [-0.39, 0.29) is 5.54 Å². The lowest BCUT2D eigenvalue weighted by molar-refractivity contribution is -0.0981. The van der Waals surface area contributed by atoms with Crippen LogP contribution in [0.1, 0.15) is 46.0 Å². The molecule has 2 unspecified atom stereocenters. The minimum absolute atomic E-state index is 0.193. The minimum Gasteiger partial charge on any atom is -0.378 e. The third-order valence-corrected chi connectivity index (χ3v) is 4.97. The Bertz CT molecular complexity index is 253. The summed E-state index contributed by atoms with van der Waals surface area (Å²) in [7, 11) is 2.28. The van der Waals surface area contributed by atoms with Crippen molar-refractivity contribution in [2.45, 2.75) is 63.6 Å². The Morgan fingerprint density at radius 2 is 2.12 bits per heavy atom. The van der Waals surface area contributed by atoms with E-state index in [1.807, 2.05) is 0 Å². The average Bonchev–Trinajstić information content (AvgIpc) is 2.26. The van der Waals surface area contributed by atoms with Gasteiger partial charge in [-0.1, -0.05) is 20.3 Å². The fraction of sp³-hybridized carbons (Fsp3) is 1.00. The predicted octanol–water partition coefficient (Wildman–Crippen LogP) is 2.00. The molecule has 17 heavy (non-hydrogen) atoms. The second-order valence-corrected chi connectivity index (χ2v) is 6.23. The molecule has 100 valence electrons. The smallest absolute Gasteiger partial charge is 0.0616 e. The van der Waals surface area contributed by atoms with Gasteiger partial charge in [-0.3, -0.25) is 4.90 Å². The van der Waals surface area contributed by atoms with Crippen molar-refractivity contribution in [2.75, 3.05) is 20.2 Å². The molecule has 0 bridgehead atoms. The second-order valence-electron chi connectivity index (χ2n) is 6.23. The first kappa shape index (κ1) is 13.3. The lowest BCUT2D eigenvalue weighted by Gasteiger charge is -2.52. The van der Waals surface area contributed by atoms with Gasteiger partial charge in [-0.15, -0.1) is 0 Å². The van der Waals surface area contributed by atoms with Gasteiger partial charge in [-0.05, 0) is 38.6 Å². The van der Waals surface area contributed by atoms with Crippen LogP contribution < -0.4 is 5.73 Å². The van der Waals surface area contributed by atoms with Crippen LogP contribution >= 0.6 is 0 Å². The van der Waals surface area contributed by atoms with Gasteiger partial charge in [-0.2, -0.15) is 0 Å². The SMILES string of the molecule is CC(C)C1CC(CN)(N(C)C2CCC2)CCO1. The van der Waals surface area contributed by atoms with Crippen LogP contribution in [-0.4, -0.2) is 42.8 Å². The molecule has 0 radical (unpaired) electrons. The molecule has 2 fully saturated rings. The van der Waals surface area contributed by atoms with Gasteiger partial charge in [0.1, 0.15) is 0 Å². The highest BCUT2D eigenvalue weighted by Crippen LogP contribution is 2.37. The van der Waals surface area contributed by atoms with Gasteiger partial charge >= 0.3 is 0 Å². The zero-order chi connectivity index (χ0) is 12.5. The highest BCUT2D eigenvalue weighted by molar-refractivity contribution is 4.99. The fourth-order valence-electron chi connectivity index (χ4n) is 3.17. The molecule has 2 atom stereocenters. The van der Waals surface area contributed by atoms with Crippen molar-refractivity contribution in [3.63, 3.8) is 0 Å². The zero-order valence-corrected chi connectivity index (χ0v) is 11.6. The number of hydrogen-bond donors (Lipinski definition) is 1. The molecule has 1 aliphatic heterocycles. The standard InChI is InChI=1S/C14H28N2O/c1-11(2)13-9-14(10-15,7-8-17-13)16(3)12-5-4-6-12/h11-13H,4-10,15H2,1-3H3. The first-order valence-corrected chi connectivity index (χ1v) is 7.14. The Balaban J connectivity index is 2.06. The van der Waals surface area contributed by atoms with Crippen LogP contribution in [0, 0.1) is 5.92 Å². The van der Waals surface area contributed by atoms with E-state index in [2.05, 4.69) is 25.8 Å². The summed E-state index contributed by atoms with van der Waals surface area (Å²) in [5.41, 5.74) is 6.31. The summed E-state index contributed by atoms with van der Waals surface area (Å²) in [6.45, 7) is 6.14. The summed E-state index contributed by atoms with van der Waals surface area (Å²) < 4.78 is 5.90. The minimum atomic E-state index is 0.193. The third kappa shape index (κ3) is 2.51. The number of ether oxygens (including phenoxy) is 1. The van der Waals surface area contributed by atoms with Gasteiger partial charge in [0.15, 0.2) is 0 Å². The molecule has 0 aromatic rings. The molecular formula is C14H28N2O. The van der Waals surface area contributed by atoms with Gasteiger partial charge in [0.2, 0.25) is 0 Å².